The summed E-state index contributed by atoms with van der Waals surface area (Å²) in [7, 11) is 0. The molecule has 0 aliphatic carbocycles. The summed E-state index contributed by atoms with van der Waals surface area (Å²) in [6, 6.07) is 2.56. The van der Waals surface area contributed by atoms with Crippen molar-refractivity contribution in [1.82, 2.24) is 0 Å². The van der Waals surface area contributed by atoms with E-state index < -0.39 is 5.82 Å². The first-order valence-electron chi connectivity index (χ1n) is 3.82. The van der Waals surface area contributed by atoms with Gasteiger partial charge in [0.05, 0.1) is 22.9 Å². The second-order valence-electron chi connectivity index (χ2n) is 2.72. The molecule has 0 unspecified atom stereocenters. The summed E-state index contributed by atoms with van der Waals surface area (Å²) < 4.78 is 12.9. The van der Waals surface area contributed by atoms with Gasteiger partial charge >= 0.3 is 0 Å². The Morgan fingerprint density at radius 1 is 1.57 bits per heavy atom. The molecule has 0 saturated heterocycles. The Morgan fingerprint density at radius 3 is 2.79 bits per heavy atom. The predicted octanol–water partition coefficient (Wildman–Crippen LogP) is 3.23. The van der Waals surface area contributed by atoms with E-state index in [4.69, 9.17) is 28.9 Å². The Bertz CT molecular complexity index is 366. The van der Waals surface area contributed by atoms with Crippen LogP contribution in [0.25, 0.3) is 0 Å². The molecule has 1 aromatic carbocycles. The number of nitrogen functional groups attached to an aromatic ring is 1. The van der Waals surface area contributed by atoms with Crippen LogP contribution in [0, 0.1) is 5.82 Å². The fourth-order valence-electron chi connectivity index (χ4n) is 0.906. The van der Waals surface area contributed by atoms with Crippen molar-refractivity contribution in [2.24, 2.45) is 0 Å². The zero-order valence-corrected chi connectivity index (χ0v) is 8.79. The lowest BCUT2D eigenvalue weighted by Crippen LogP contribution is -2.04. The van der Waals surface area contributed by atoms with E-state index in [-0.39, 0.29) is 10.7 Å². The van der Waals surface area contributed by atoms with E-state index in [2.05, 4.69) is 11.9 Å². The number of nitrogens with two attached hydrogens (primary N) is 1. The monoisotopic (exact) mass is 234 g/mol. The Hall–Kier alpha value is -0.930. The van der Waals surface area contributed by atoms with E-state index in [1.807, 2.05) is 0 Å². The molecule has 0 atom stereocenters. The van der Waals surface area contributed by atoms with E-state index in [9.17, 15) is 4.39 Å². The summed E-state index contributed by atoms with van der Waals surface area (Å²) in [6.45, 7) is 3.85. The third-order valence-electron chi connectivity index (χ3n) is 1.56. The van der Waals surface area contributed by atoms with Crippen LogP contribution in [0.1, 0.15) is 0 Å². The fourth-order valence-corrected chi connectivity index (χ4v) is 1.14. The SMILES string of the molecule is C=C(Cl)CNc1cc(Cl)c(F)cc1N. The number of nitrogens with one attached hydrogen (secondary N) is 1. The van der Waals surface area contributed by atoms with Crippen LogP contribution in [0.5, 0.6) is 0 Å². The molecule has 76 valence electrons. The van der Waals surface area contributed by atoms with Gasteiger partial charge in [0, 0.05) is 11.1 Å². The fraction of sp³-hybridized carbons (Fsp3) is 0.111. The first kappa shape index (κ1) is 11.1. The zero-order valence-electron chi connectivity index (χ0n) is 7.28. The zero-order chi connectivity index (χ0) is 10.7. The van der Waals surface area contributed by atoms with E-state index in [1.54, 1.807) is 0 Å². The summed E-state index contributed by atoms with van der Waals surface area (Å²) >= 11 is 11.1. The molecule has 0 heterocycles. The molecule has 0 fully saturated rings. The van der Waals surface area contributed by atoms with E-state index >= 15 is 0 Å². The van der Waals surface area contributed by atoms with E-state index in [0.717, 1.165) is 6.07 Å². The first-order valence-corrected chi connectivity index (χ1v) is 4.58. The molecule has 2 nitrogen and oxygen atoms in total. The van der Waals surface area contributed by atoms with Crippen molar-refractivity contribution >= 4 is 34.6 Å². The van der Waals surface area contributed by atoms with Gasteiger partial charge in [-0.1, -0.05) is 29.8 Å². The second-order valence-corrected chi connectivity index (χ2v) is 3.67. The third kappa shape index (κ3) is 2.79. The largest absolute Gasteiger partial charge is 0.397 e. The first-order chi connectivity index (χ1) is 6.50. The summed E-state index contributed by atoms with van der Waals surface area (Å²) in [5.74, 6) is -0.542. The lowest BCUT2D eigenvalue weighted by molar-refractivity contribution is 0.629. The van der Waals surface area contributed by atoms with Crippen LogP contribution in [0.3, 0.4) is 0 Å². The summed E-state index contributed by atoms with van der Waals surface area (Å²) in [5.41, 5.74) is 6.36. The van der Waals surface area contributed by atoms with Crippen molar-refractivity contribution in [3.8, 4) is 0 Å². The number of hydrogen-bond acceptors (Lipinski definition) is 2. The molecule has 0 aromatic heterocycles. The molecule has 0 aliphatic rings. The van der Waals surface area contributed by atoms with Gasteiger partial charge in [-0.25, -0.2) is 4.39 Å². The molecule has 14 heavy (non-hydrogen) atoms. The molecule has 1 rings (SSSR count). The van der Waals surface area contributed by atoms with Gasteiger partial charge in [-0.2, -0.15) is 0 Å². The van der Waals surface area contributed by atoms with Gasteiger partial charge in [-0.3, -0.25) is 0 Å². The van der Waals surface area contributed by atoms with Crippen LogP contribution < -0.4 is 11.1 Å². The standard InChI is InChI=1S/C9H9Cl2FN2/c1-5(10)4-14-9-2-6(11)7(12)3-8(9)13/h2-3,14H,1,4,13H2. The summed E-state index contributed by atoms with van der Waals surface area (Å²) in [5, 5.41) is 3.32. The minimum atomic E-state index is -0.542. The maximum atomic E-state index is 12.9. The highest BCUT2D eigenvalue weighted by molar-refractivity contribution is 6.31. The molecule has 3 N–H and O–H groups in total. The maximum absolute atomic E-state index is 12.9. The number of halogens is 3. The average Bonchev–Trinajstić information content (AvgIpc) is 2.09. The van der Waals surface area contributed by atoms with Crippen LogP contribution in [-0.4, -0.2) is 6.54 Å². The van der Waals surface area contributed by atoms with Crippen molar-refractivity contribution in [3.05, 3.63) is 34.6 Å². The predicted molar refractivity (Wildman–Crippen MR) is 59.3 cm³/mol. The van der Waals surface area contributed by atoms with Gasteiger partial charge in [0.1, 0.15) is 5.82 Å². The molecule has 0 amide bonds. The highest BCUT2D eigenvalue weighted by Gasteiger charge is 2.05. The van der Waals surface area contributed by atoms with Gasteiger partial charge in [0.2, 0.25) is 0 Å². The Labute approximate surface area is 91.5 Å². The van der Waals surface area contributed by atoms with Gasteiger partial charge in [-0.05, 0) is 6.07 Å². The Balaban J connectivity index is 2.87. The Kier molecular flexibility index (Phi) is 3.61. The van der Waals surface area contributed by atoms with Crippen molar-refractivity contribution in [2.45, 2.75) is 0 Å². The lowest BCUT2D eigenvalue weighted by Gasteiger charge is -2.09. The summed E-state index contributed by atoms with van der Waals surface area (Å²) in [4.78, 5) is 0. The molecule has 0 radical (unpaired) electrons. The van der Waals surface area contributed by atoms with Crippen LogP contribution in [-0.2, 0) is 0 Å². The number of anilines is 2. The van der Waals surface area contributed by atoms with Crippen LogP contribution in [0.15, 0.2) is 23.7 Å². The highest BCUT2D eigenvalue weighted by atomic mass is 35.5. The van der Waals surface area contributed by atoms with Crippen LogP contribution in [0.2, 0.25) is 5.02 Å². The summed E-state index contributed by atoms with van der Waals surface area (Å²) in [6.07, 6.45) is 0. The number of rotatable bonds is 3. The van der Waals surface area contributed by atoms with Gasteiger partial charge in [0.15, 0.2) is 0 Å². The van der Waals surface area contributed by atoms with E-state index in [0.29, 0.717) is 17.3 Å². The Morgan fingerprint density at radius 2 is 2.21 bits per heavy atom. The lowest BCUT2D eigenvalue weighted by atomic mass is 10.2. The van der Waals surface area contributed by atoms with Crippen molar-refractivity contribution in [2.75, 3.05) is 17.6 Å². The van der Waals surface area contributed by atoms with Crippen molar-refractivity contribution in [1.29, 1.82) is 0 Å². The van der Waals surface area contributed by atoms with Crippen molar-refractivity contribution < 1.29 is 4.39 Å². The molecule has 0 bridgehead atoms. The minimum absolute atomic E-state index is 0.0156. The minimum Gasteiger partial charge on any atom is -0.397 e. The van der Waals surface area contributed by atoms with Crippen molar-refractivity contribution in [3.63, 3.8) is 0 Å². The smallest absolute Gasteiger partial charge is 0.143 e. The highest BCUT2D eigenvalue weighted by Crippen LogP contribution is 2.26. The molecule has 0 spiro atoms. The van der Waals surface area contributed by atoms with Gasteiger partial charge in [0.25, 0.3) is 0 Å². The maximum Gasteiger partial charge on any atom is 0.143 e. The molecule has 0 saturated carbocycles. The van der Waals surface area contributed by atoms with E-state index in [1.165, 1.54) is 6.07 Å². The second kappa shape index (κ2) is 4.53. The normalized spacial score (nSPS) is 9.93. The molecule has 1 aromatic rings. The molecule has 5 heteroatoms. The molecular weight excluding hydrogens is 226 g/mol. The van der Waals surface area contributed by atoms with Crippen LogP contribution in [0.4, 0.5) is 15.8 Å². The number of hydrogen-bond donors (Lipinski definition) is 2. The van der Waals surface area contributed by atoms with Gasteiger partial charge < -0.3 is 11.1 Å². The van der Waals surface area contributed by atoms with Crippen LogP contribution >= 0.6 is 23.2 Å². The average molecular weight is 235 g/mol. The molecular formula is C9H9Cl2FN2. The number of benzene rings is 1. The topological polar surface area (TPSA) is 38.0 Å². The van der Waals surface area contributed by atoms with Gasteiger partial charge in [-0.15, -0.1) is 0 Å². The molecule has 0 aliphatic heterocycles. The quantitative estimate of drug-likeness (QED) is 0.789. The third-order valence-corrected chi connectivity index (χ3v) is 1.99.